The van der Waals surface area contributed by atoms with Crippen LogP contribution in [0, 0.1) is 0 Å². The van der Waals surface area contributed by atoms with Crippen molar-refractivity contribution in [3.8, 4) is 5.75 Å². The Morgan fingerprint density at radius 2 is 2.11 bits per heavy atom. The van der Waals surface area contributed by atoms with Crippen molar-refractivity contribution in [1.29, 1.82) is 0 Å². The second kappa shape index (κ2) is 7.79. The Morgan fingerprint density at radius 1 is 1.37 bits per heavy atom. The average Bonchev–Trinajstić information content (AvgIpc) is 2.44. The highest BCUT2D eigenvalue weighted by molar-refractivity contribution is 5.78. The maximum Gasteiger partial charge on any atom is 0.234 e. The Hall–Kier alpha value is -1.55. The summed E-state index contributed by atoms with van der Waals surface area (Å²) in [6.45, 7) is 6.41. The molecular formula is C15H24N2O2. The summed E-state index contributed by atoms with van der Waals surface area (Å²) in [4.78, 5) is 11.7. The molecule has 1 amide bonds. The second-order valence-corrected chi connectivity index (χ2v) is 4.76. The van der Waals surface area contributed by atoms with E-state index in [4.69, 9.17) is 4.74 Å². The van der Waals surface area contributed by atoms with Crippen molar-refractivity contribution >= 4 is 5.91 Å². The van der Waals surface area contributed by atoms with E-state index in [1.165, 1.54) is 0 Å². The SMILES string of the molecule is CCC(C)NC(=O)CN[C@H](C)c1cccc(OC)c1. The molecule has 0 radical (unpaired) electrons. The van der Waals surface area contributed by atoms with Crippen LogP contribution in [-0.2, 0) is 4.79 Å². The molecule has 0 saturated carbocycles. The molecule has 19 heavy (non-hydrogen) atoms. The van der Waals surface area contributed by atoms with Crippen LogP contribution in [0.2, 0.25) is 0 Å². The molecule has 1 aromatic rings. The molecule has 0 aromatic heterocycles. The summed E-state index contributed by atoms with van der Waals surface area (Å²) in [5, 5.41) is 6.14. The summed E-state index contributed by atoms with van der Waals surface area (Å²) >= 11 is 0. The van der Waals surface area contributed by atoms with E-state index in [2.05, 4.69) is 17.6 Å². The van der Waals surface area contributed by atoms with Gasteiger partial charge in [0.2, 0.25) is 5.91 Å². The molecule has 0 heterocycles. The van der Waals surface area contributed by atoms with Crippen molar-refractivity contribution in [3.05, 3.63) is 29.8 Å². The van der Waals surface area contributed by atoms with Gasteiger partial charge in [-0.25, -0.2) is 0 Å². The molecule has 0 fully saturated rings. The topological polar surface area (TPSA) is 50.4 Å². The molecule has 1 rings (SSSR count). The summed E-state index contributed by atoms with van der Waals surface area (Å²) in [5.74, 6) is 0.860. The van der Waals surface area contributed by atoms with Crippen molar-refractivity contribution < 1.29 is 9.53 Å². The maximum atomic E-state index is 11.7. The third-order valence-electron chi connectivity index (χ3n) is 3.18. The summed E-state index contributed by atoms with van der Waals surface area (Å²) < 4.78 is 5.19. The molecule has 1 aromatic carbocycles. The van der Waals surface area contributed by atoms with Gasteiger partial charge in [-0.1, -0.05) is 19.1 Å². The van der Waals surface area contributed by atoms with Gasteiger partial charge in [0.05, 0.1) is 13.7 Å². The van der Waals surface area contributed by atoms with E-state index in [1.54, 1.807) is 7.11 Å². The Kier molecular flexibility index (Phi) is 6.36. The number of nitrogens with one attached hydrogen (secondary N) is 2. The van der Waals surface area contributed by atoms with Crippen molar-refractivity contribution in [2.24, 2.45) is 0 Å². The van der Waals surface area contributed by atoms with Gasteiger partial charge in [0, 0.05) is 12.1 Å². The summed E-state index contributed by atoms with van der Waals surface area (Å²) in [7, 11) is 1.65. The lowest BCUT2D eigenvalue weighted by atomic mass is 10.1. The number of benzene rings is 1. The van der Waals surface area contributed by atoms with Gasteiger partial charge in [-0.3, -0.25) is 4.79 Å². The van der Waals surface area contributed by atoms with Crippen molar-refractivity contribution in [3.63, 3.8) is 0 Å². The highest BCUT2D eigenvalue weighted by Crippen LogP contribution is 2.18. The standard InChI is InChI=1S/C15H24N2O2/c1-5-11(2)17-15(18)10-16-12(3)13-7-6-8-14(9-13)19-4/h6-9,11-12,16H,5,10H2,1-4H3,(H,17,18)/t11?,12-/m1/s1. The molecule has 0 spiro atoms. The molecule has 0 aliphatic carbocycles. The highest BCUT2D eigenvalue weighted by atomic mass is 16.5. The lowest BCUT2D eigenvalue weighted by molar-refractivity contribution is -0.120. The Morgan fingerprint density at radius 3 is 2.74 bits per heavy atom. The fourth-order valence-electron chi connectivity index (χ4n) is 1.70. The number of rotatable bonds is 7. The first-order valence-electron chi connectivity index (χ1n) is 6.73. The Balaban J connectivity index is 2.46. The molecule has 4 heteroatoms. The quantitative estimate of drug-likeness (QED) is 0.794. The molecule has 106 valence electrons. The smallest absolute Gasteiger partial charge is 0.234 e. The molecule has 1 unspecified atom stereocenters. The Bertz CT molecular complexity index is 407. The zero-order chi connectivity index (χ0) is 14.3. The van der Waals surface area contributed by atoms with E-state index < -0.39 is 0 Å². The van der Waals surface area contributed by atoms with E-state index in [9.17, 15) is 4.79 Å². The largest absolute Gasteiger partial charge is 0.497 e. The predicted molar refractivity (Wildman–Crippen MR) is 77.3 cm³/mol. The fourth-order valence-corrected chi connectivity index (χ4v) is 1.70. The number of amides is 1. The number of carbonyl (C=O) groups excluding carboxylic acids is 1. The van der Waals surface area contributed by atoms with E-state index in [0.717, 1.165) is 17.7 Å². The highest BCUT2D eigenvalue weighted by Gasteiger charge is 2.09. The van der Waals surface area contributed by atoms with Gasteiger partial charge in [0.25, 0.3) is 0 Å². The number of hydrogen-bond donors (Lipinski definition) is 2. The predicted octanol–water partition coefficient (Wildman–Crippen LogP) is 2.26. The molecule has 0 aliphatic heterocycles. The summed E-state index contributed by atoms with van der Waals surface area (Å²) in [6.07, 6.45) is 0.942. The van der Waals surface area contributed by atoms with E-state index >= 15 is 0 Å². The van der Waals surface area contributed by atoms with Gasteiger partial charge in [-0.05, 0) is 38.0 Å². The first kappa shape index (κ1) is 15.5. The number of carbonyl (C=O) groups is 1. The summed E-state index contributed by atoms with van der Waals surface area (Å²) in [5.41, 5.74) is 1.11. The van der Waals surface area contributed by atoms with E-state index in [-0.39, 0.29) is 18.0 Å². The van der Waals surface area contributed by atoms with Crippen molar-refractivity contribution in [2.45, 2.75) is 39.3 Å². The third kappa shape index (κ3) is 5.30. The lowest BCUT2D eigenvalue weighted by Gasteiger charge is -2.16. The average molecular weight is 264 g/mol. The van der Waals surface area contributed by atoms with Gasteiger partial charge < -0.3 is 15.4 Å². The van der Waals surface area contributed by atoms with Crippen LogP contribution in [0.3, 0.4) is 0 Å². The van der Waals surface area contributed by atoms with Crippen LogP contribution < -0.4 is 15.4 Å². The summed E-state index contributed by atoms with van der Waals surface area (Å²) in [6, 6.07) is 8.19. The van der Waals surface area contributed by atoms with E-state index in [1.807, 2.05) is 38.1 Å². The van der Waals surface area contributed by atoms with E-state index in [0.29, 0.717) is 6.54 Å². The van der Waals surface area contributed by atoms with Crippen LogP contribution in [0.1, 0.15) is 38.8 Å². The third-order valence-corrected chi connectivity index (χ3v) is 3.18. The van der Waals surface area contributed by atoms with Crippen molar-refractivity contribution in [2.75, 3.05) is 13.7 Å². The minimum absolute atomic E-state index is 0.0316. The van der Waals surface area contributed by atoms with Crippen LogP contribution in [0.25, 0.3) is 0 Å². The molecule has 0 aliphatic rings. The fraction of sp³-hybridized carbons (Fsp3) is 0.533. The van der Waals surface area contributed by atoms with Crippen LogP contribution in [0.5, 0.6) is 5.75 Å². The molecule has 0 bridgehead atoms. The van der Waals surface area contributed by atoms with Crippen LogP contribution in [-0.4, -0.2) is 25.6 Å². The second-order valence-electron chi connectivity index (χ2n) is 4.76. The molecule has 4 nitrogen and oxygen atoms in total. The number of hydrogen-bond acceptors (Lipinski definition) is 3. The van der Waals surface area contributed by atoms with Crippen molar-refractivity contribution in [1.82, 2.24) is 10.6 Å². The van der Waals surface area contributed by atoms with Crippen LogP contribution in [0.4, 0.5) is 0 Å². The first-order valence-corrected chi connectivity index (χ1v) is 6.73. The Labute approximate surface area is 115 Å². The first-order chi connectivity index (χ1) is 9.06. The molecule has 2 atom stereocenters. The number of ether oxygens (including phenoxy) is 1. The minimum atomic E-state index is 0.0316. The van der Waals surface area contributed by atoms with Gasteiger partial charge in [0.15, 0.2) is 0 Å². The zero-order valence-electron chi connectivity index (χ0n) is 12.2. The molecule has 0 saturated heterocycles. The van der Waals surface area contributed by atoms with Gasteiger partial charge in [-0.15, -0.1) is 0 Å². The zero-order valence-corrected chi connectivity index (χ0v) is 12.2. The van der Waals surface area contributed by atoms with Crippen LogP contribution >= 0.6 is 0 Å². The normalized spacial score (nSPS) is 13.7. The van der Waals surface area contributed by atoms with Gasteiger partial charge in [0.1, 0.15) is 5.75 Å². The maximum absolute atomic E-state index is 11.7. The monoisotopic (exact) mass is 264 g/mol. The minimum Gasteiger partial charge on any atom is -0.497 e. The lowest BCUT2D eigenvalue weighted by Crippen LogP contribution is -2.39. The molecule has 2 N–H and O–H groups in total. The number of methoxy groups -OCH3 is 1. The van der Waals surface area contributed by atoms with Crippen LogP contribution in [0.15, 0.2) is 24.3 Å². The van der Waals surface area contributed by atoms with Gasteiger partial charge >= 0.3 is 0 Å². The van der Waals surface area contributed by atoms with Gasteiger partial charge in [-0.2, -0.15) is 0 Å². The molecular weight excluding hydrogens is 240 g/mol.